The van der Waals surface area contributed by atoms with Crippen molar-refractivity contribution in [2.45, 2.75) is 33.2 Å². The van der Waals surface area contributed by atoms with Gasteiger partial charge in [0.05, 0.1) is 36.6 Å². The molecule has 1 aliphatic rings. The Morgan fingerprint density at radius 3 is 2.62 bits per heavy atom. The Bertz CT molecular complexity index is 1110. The lowest BCUT2D eigenvalue weighted by Gasteiger charge is -2.26. The van der Waals surface area contributed by atoms with Gasteiger partial charge in [-0.05, 0) is 49.6 Å². The standard InChI is InChI=1S/C27H34N4O2S/c1-3-18-34-29-22-8-6-21(7-9-22)27-25(20-28)24-11-10-23(19-26(24)31(27)4-2)33-15-5-12-30-13-16-32-17-14-30/h6-11,19,29H,3-5,12-18H2,1-2H3. The van der Waals surface area contributed by atoms with Crippen molar-refractivity contribution in [1.29, 1.82) is 5.26 Å². The van der Waals surface area contributed by atoms with Crippen LogP contribution in [0.25, 0.3) is 22.2 Å². The van der Waals surface area contributed by atoms with Gasteiger partial charge in [0.15, 0.2) is 0 Å². The van der Waals surface area contributed by atoms with Crippen molar-refractivity contribution in [3.05, 3.63) is 48.0 Å². The summed E-state index contributed by atoms with van der Waals surface area (Å²) in [4.78, 5) is 2.42. The second-order valence-corrected chi connectivity index (χ2v) is 9.34. The normalized spacial score (nSPS) is 14.3. The molecule has 1 N–H and O–H groups in total. The van der Waals surface area contributed by atoms with Gasteiger partial charge in [-0.3, -0.25) is 4.90 Å². The molecule has 1 aliphatic heterocycles. The van der Waals surface area contributed by atoms with Gasteiger partial charge in [-0.2, -0.15) is 5.26 Å². The van der Waals surface area contributed by atoms with Crippen molar-refractivity contribution in [1.82, 2.24) is 9.47 Å². The zero-order valence-corrected chi connectivity index (χ0v) is 21.0. The van der Waals surface area contributed by atoms with Crippen molar-refractivity contribution in [2.75, 3.05) is 49.9 Å². The first-order chi connectivity index (χ1) is 16.7. The molecule has 180 valence electrons. The number of aryl methyl sites for hydroxylation is 1. The van der Waals surface area contributed by atoms with E-state index in [2.05, 4.69) is 64.4 Å². The van der Waals surface area contributed by atoms with Gasteiger partial charge in [0.2, 0.25) is 0 Å². The molecule has 34 heavy (non-hydrogen) atoms. The number of rotatable bonds is 11. The van der Waals surface area contributed by atoms with Gasteiger partial charge in [-0.1, -0.05) is 31.0 Å². The maximum Gasteiger partial charge on any atom is 0.121 e. The van der Waals surface area contributed by atoms with Crippen molar-refractivity contribution in [3.8, 4) is 23.1 Å². The van der Waals surface area contributed by atoms with Gasteiger partial charge in [0, 0.05) is 49.1 Å². The van der Waals surface area contributed by atoms with Gasteiger partial charge in [-0.25, -0.2) is 0 Å². The molecule has 2 aromatic carbocycles. The Kier molecular flexibility index (Phi) is 8.75. The Labute approximate surface area is 207 Å². The first-order valence-electron chi connectivity index (χ1n) is 12.2. The molecule has 0 amide bonds. The van der Waals surface area contributed by atoms with Crippen LogP contribution in [-0.2, 0) is 11.3 Å². The minimum absolute atomic E-state index is 0.679. The van der Waals surface area contributed by atoms with Crippen molar-refractivity contribution >= 4 is 28.5 Å². The molecule has 6 nitrogen and oxygen atoms in total. The van der Waals surface area contributed by atoms with Crippen LogP contribution in [-0.4, -0.2) is 54.7 Å². The molecule has 0 saturated carbocycles. The number of aromatic nitrogens is 1. The number of hydrogen-bond donors (Lipinski definition) is 1. The van der Waals surface area contributed by atoms with E-state index >= 15 is 0 Å². The van der Waals surface area contributed by atoms with Crippen molar-refractivity contribution in [3.63, 3.8) is 0 Å². The highest BCUT2D eigenvalue weighted by molar-refractivity contribution is 8.00. The third-order valence-corrected chi connectivity index (χ3v) is 7.10. The fourth-order valence-corrected chi connectivity index (χ4v) is 5.01. The van der Waals surface area contributed by atoms with E-state index in [1.807, 2.05) is 12.1 Å². The minimum atomic E-state index is 0.679. The third kappa shape index (κ3) is 5.69. The number of ether oxygens (including phenoxy) is 2. The van der Waals surface area contributed by atoms with Crippen LogP contribution in [0.3, 0.4) is 0 Å². The Morgan fingerprint density at radius 1 is 1.12 bits per heavy atom. The maximum absolute atomic E-state index is 10.0. The molecule has 0 atom stereocenters. The minimum Gasteiger partial charge on any atom is -0.493 e. The number of nitriles is 1. The van der Waals surface area contributed by atoms with E-state index in [4.69, 9.17) is 9.47 Å². The zero-order valence-electron chi connectivity index (χ0n) is 20.2. The predicted molar refractivity (Wildman–Crippen MR) is 142 cm³/mol. The van der Waals surface area contributed by atoms with E-state index in [1.54, 1.807) is 11.9 Å². The van der Waals surface area contributed by atoms with Crippen LogP contribution in [0, 0.1) is 11.3 Å². The second-order valence-electron chi connectivity index (χ2n) is 8.44. The third-order valence-electron chi connectivity index (χ3n) is 6.11. The fraction of sp³-hybridized carbons (Fsp3) is 0.444. The van der Waals surface area contributed by atoms with E-state index in [1.165, 1.54) is 0 Å². The molecule has 0 spiro atoms. The van der Waals surface area contributed by atoms with Gasteiger partial charge >= 0.3 is 0 Å². The first-order valence-corrected chi connectivity index (χ1v) is 13.2. The topological polar surface area (TPSA) is 62.4 Å². The summed E-state index contributed by atoms with van der Waals surface area (Å²) in [7, 11) is 0. The number of benzene rings is 2. The van der Waals surface area contributed by atoms with Gasteiger partial charge < -0.3 is 18.8 Å². The van der Waals surface area contributed by atoms with Crippen molar-refractivity contribution < 1.29 is 9.47 Å². The summed E-state index contributed by atoms with van der Waals surface area (Å²) in [5.41, 5.74) is 4.86. The molecular formula is C27H34N4O2S. The first kappa shape index (κ1) is 24.5. The highest BCUT2D eigenvalue weighted by atomic mass is 32.2. The van der Waals surface area contributed by atoms with Crippen molar-refractivity contribution in [2.24, 2.45) is 0 Å². The molecule has 3 aromatic rings. The lowest BCUT2D eigenvalue weighted by Crippen LogP contribution is -2.37. The van der Waals surface area contributed by atoms with E-state index < -0.39 is 0 Å². The number of anilines is 1. The van der Waals surface area contributed by atoms with Gasteiger partial charge in [0.1, 0.15) is 11.8 Å². The lowest BCUT2D eigenvalue weighted by molar-refractivity contribution is 0.0358. The molecule has 7 heteroatoms. The van der Waals surface area contributed by atoms with Crippen LogP contribution >= 0.6 is 11.9 Å². The van der Waals surface area contributed by atoms with Gasteiger partial charge in [-0.15, -0.1) is 0 Å². The summed E-state index contributed by atoms with van der Waals surface area (Å²) in [6.45, 7) is 10.4. The molecule has 0 radical (unpaired) electrons. The maximum atomic E-state index is 10.0. The molecule has 0 aliphatic carbocycles. The number of morpholine rings is 1. The molecular weight excluding hydrogens is 444 g/mol. The van der Waals surface area contributed by atoms with Crippen LogP contribution in [0.15, 0.2) is 42.5 Å². The molecule has 1 aromatic heterocycles. The number of hydrogen-bond acceptors (Lipinski definition) is 6. The smallest absolute Gasteiger partial charge is 0.121 e. The monoisotopic (exact) mass is 478 g/mol. The van der Waals surface area contributed by atoms with E-state index in [-0.39, 0.29) is 0 Å². The Balaban J connectivity index is 1.51. The summed E-state index contributed by atoms with van der Waals surface area (Å²) >= 11 is 1.72. The van der Waals surface area contributed by atoms with Crippen LogP contribution in [0.1, 0.15) is 32.3 Å². The van der Waals surface area contributed by atoms with Crippen LogP contribution in [0.4, 0.5) is 5.69 Å². The Hall–Kier alpha value is -2.66. The molecule has 0 bridgehead atoms. The zero-order chi connectivity index (χ0) is 23.8. The summed E-state index contributed by atoms with van der Waals surface area (Å²) in [6.07, 6.45) is 2.12. The quantitative estimate of drug-likeness (QED) is 0.279. The van der Waals surface area contributed by atoms with Gasteiger partial charge in [0.25, 0.3) is 0 Å². The fourth-order valence-electron chi connectivity index (χ4n) is 4.40. The summed E-state index contributed by atoms with van der Waals surface area (Å²) in [6, 6.07) is 16.9. The number of fused-ring (bicyclic) bond motifs is 1. The summed E-state index contributed by atoms with van der Waals surface area (Å²) < 4.78 is 17.1. The molecule has 1 fully saturated rings. The summed E-state index contributed by atoms with van der Waals surface area (Å²) in [5, 5.41) is 11.0. The molecule has 1 saturated heterocycles. The largest absolute Gasteiger partial charge is 0.493 e. The predicted octanol–water partition coefficient (Wildman–Crippen LogP) is 5.77. The van der Waals surface area contributed by atoms with Crippen LogP contribution in [0.2, 0.25) is 0 Å². The van der Waals surface area contributed by atoms with E-state index in [9.17, 15) is 5.26 Å². The number of nitrogens with one attached hydrogen (secondary N) is 1. The molecule has 2 heterocycles. The van der Waals surface area contributed by atoms with Crippen LogP contribution < -0.4 is 9.46 Å². The molecule has 0 unspecified atom stereocenters. The molecule has 4 rings (SSSR count). The number of nitrogens with zero attached hydrogens (tertiary/aromatic N) is 3. The van der Waals surface area contributed by atoms with Crippen LogP contribution in [0.5, 0.6) is 5.75 Å². The highest BCUT2D eigenvalue weighted by Crippen LogP contribution is 2.36. The lowest BCUT2D eigenvalue weighted by atomic mass is 10.1. The average Bonchev–Trinajstić information content (AvgIpc) is 3.20. The Morgan fingerprint density at radius 2 is 1.91 bits per heavy atom. The van der Waals surface area contributed by atoms with E-state index in [0.29, 0.717) is 6.61 Å². The second kappa shape index (κ2) is 12.2. The summed E-state index contributed by atoms with van der Waals surface area (Å²) in [5.74, 6) is 1.92. The average molecular weight is 479 g/mol. The highest BCUT2D eigenvalue weighted by Gasteiger charge is 2.18. The van der Waals surface area contributed by atoms with E-state index in [0.717, 1.165) is 97.1 Å². The SMILES string of the molecule is CCCSNc1ccc(-c2c(C#N)c3ccc(OCCCN4CCOCC4)cc3n2CC)cc1.